The summed E-state index contributed by atoms with van der Waals surface area (Å²) in [6.07, 6.45) is 1.56. The molecule has 0 radical (unpaired) electrons. The van der Waals surface area contributed by atoms with Crippen molar-refractivity contribution in [1.29, 1.82) is 0 Å². The third kappa shape index (κ3) is 1.01. The maximum absolute atomic E-state index is 11.5. The van der Waals surface area contributed by atoms with Crippen LogP contribution in [0.25, 0.3) is 21.9 Å². The first-order valence-corrected chi connectivity index (χ1v) is 4.87. The number of benzene rings is 1. The molecule has 3 aromatic rings. The number of fused-ring (bicyclic) bond motifs is 3. The van der Waals surface area contributed by atoms with Crippen LogP contribution in [0.5, 0.6) is 0 Å². The molecule has 0 bridgehead atoms. The van der Waals surface area contributed by atoms with Crippen molar-refractivity contribution in [1.82, 2.24) is 0 Å². The average Bonchev–Trinajstić information content (AvgIpc) is 2.74. The van der Waals surface area contributed by atoms with Crippen LogP contribution in [0, 0.1) is 6.92 Å². The number of furan rings is 1. The van der Waals surface area contributed by atoms with E-state index in [9.17, 15) is 4.79 Å². The highest BCUT2D eigenvalue weighted by atomic mass is 16.4. The Hall–Kier alpha value is -2.23. The smallest absolute Gasteiger partial charge is 0.341 e. The van der Waals surface area contributed by atoms with Gasteiger partial charge in [-0.2, -0.15) is 0 Å². The lowest BCUT2D eigenvalue weighted by Crippen LogP contribution is -2.07. The second-order valence-electron chi connectivity index (χ2n) is 3.70. The van der Waals surface area contributed by atoms with E-state index in [4.69, 9.17) is 14.6 Å². The maximum atomic E-state index is 11.5. The quantitative estimate of drug-likeness (QED) is 0.584. The van der Waals surface area contributed by atoms with Crippen LogP contribution >= 0.6 is 0 Å². The first kappa shape index (κ1) is 9.03. The molecule has 0 aliphatic rings. The summed E-state index contributed by atoms with van der Waals surface area (Å²) in [4.78, 5) is 11.5. The highest BCUT2D eigenvalue weighted by Gasteiger charge is 2.11. The zero-order valence-electron chi connectivity index (χ0n) is 8.61. The molecule has 3 rings (SSSR count). The predicted molar refractivity (Wildman–Crippen MR) is 61.4 cm³/mol. The van der Waals surface area contributed by atoms with Crippen molar-refractivity contribution in [2.24, 2.45) is 0 Å². The molecule has 0 aliphatic carbocycles. The van der Waals surface area contributed by atoms with Crippen LogP contribution in [0.15, 0.2) is 38.1 Å². The third-order valence-electron chi connectivity index (χ3n) is 2.78. The summed E-state index contributed by atoms with van der Waals surface area (Å²) >= 11 is 0. The summed E-state index contributed by atoms with van der Waals surface area (Å²) in [5, 5.41) is 1.51. The Balaban J connectivity index is 2.66. The SMILES string of the molecule is Cc1c(N)c2ccc3occc3c2oc1=O. The van der Waals surface area contributed by atoms with Crippen molar-refractivity contribution in [3.8, 4) is 0 Å². The molecule has 0 aliphatic heterocycles. The number of rotatable bonds is 0. The van der Waals surface area contributed by atoms with Crippen LogP contribution in [0.3, 0.4) is 0 Å². The fourth-order valence-corrected chi connectivity index (χ4v) is 1.82. The normalized spacial score (nSPS) is 11.3. The van der Waals surface area contributed by atoms with Crippen molar-refractivity contribution < 1.29 is 8.83 Å². The van der Waals surface area contributed by atoms with E-state index in [1.54, 1.807) is 25.3 Å². The Kier molecular flexibility index (Phi) is 1.63. The van der Waals surface area contributed by atoms with E-state index in [-0.39, 0.29) is 0 Å². The predicted octanol–water partition coefficient (Wildman–Crippen LogP) is 2.43. The van der Waals surface area contributed by atoms with Crippen LogP contribution in [0.1, 0.15) is 5.56 Å². The van der Waals surface area contributed by atoms with Crippen molar-refractivity contribution in [2.75, 3.05) is 5.73 Å². The van der Waals surface area contributed by atoms with E-state index in [2.05, 4.69) is 0 Å². The molecular weight excluding hydrogens is 206 g/mol. The molecule has 4 heteroatoms. The topological polar surface area (TPSA) is 69.4 Å². The second kappa shape index (κ2) is 2.88. The molecule has 1 aromatic carbocycles. The molecule has 2 aromatic heterocycles. The molecule has 0 atom stereocenters. The van der Waals surface area contributed by atoms with E-state index in [1.165, 1.54) is 0 Å². The minimum atomic E-state index is -0.404. The van der Waals surface area contributed by atoms with Gasteiger partial charge in [-0.15, -0.1) is 0 Å². The first-order chi connectivity index (χ1) is 7.68. The lowest BCUT2D eigenvalue weighted by molar-refractivity contribution is 0.558. The first-order valence-electron chi connectivity index (χ1n) is 4.87. The largest absolute Gasteiger partial charge is 0.464 e. The van der Waals surface area contributed by atoms with Crippen molar-refractivity contribution in [3.05, 3.63) is 40.4 Å². The summed E-state index contributed by atoms with van der Waals surface area (Å²) in [6, 6.07) is 5.37. The monoisotopic (exact) mass is 215 g/mol. The number of nitrogens with two attached hydrogens (primary N) is 1. The number of hydrogen-bond acceptors (Lipinski definition) is 4. The van der Waals surface area contributed by atoms with Gasteiger partial charge < -0.3 is 14.6 Å². The molecule has 0 unspecified atom stereocenters. The number of nitrogen functional groups attached to an aromatic ring is 1. The summed E-state index contributed by atoms with van der Waals surface area (Å²) in [7, 11) is 0. The lowest BCUT2D eigenvalue weighted by atomic mass is 10.1. The molecule has 0 amide bonds. The van der Waals surface area contributed by atoms with Gasteiger partial charge in [-0.3, -0.25) is 0 Å². The Bertz CT molecular complexity index is 752. The van der Waals surface area contributed by atoms with Crippen molar-refractivity contribution in [3.63, 3.8) is 0 Å². The van der Waals surface area contributed by atoms with Gasteiger partial charge in [0.25, 0.3) is 0 Å². The van der Waals surface area contributed by atoms with E-state index in [0.29, 0.717) is 22.4 Å². The van der Waals surface area contributed by atoms with Crippen LogP contribution in [-0.4, -0.2) is 0 Å². The van der Waals surface area contributed by atoms with E-state index in [1.807, 2.05) is 6.07 Å². The van der Waals surface area contributed by atoms with Crippen LogP contribution in [-0.2, 0) is 0 Å². The summed E-state index contributed by atoms with van der Waals surface area (Å²) < 4.78 is 10.5. The zero-order chi connectivity index (χ0) is 11.3. The fraction of sp³-hybridized carbons (Fsp3) is 0.0833. The van der Waals surface area contributed by atoms with E-state index < -0.39 is 5.63 Å². The highest BCUT2D eigenvalue weighted by molar-refractivity contribution is 6.06. The van der Waals surface area contributed by atoms with Crippen LogP contribution in [0.2, 0.25) is 0 Å². The zero-order valence-corrected chi connectivity index (χ0v) is 8.61. The molecule has 2 heterocycles. The molecule has 16 heavy (non-hydrogen) atoms. The molecule has 0 fully saturated rings. The van der Waals surface area contributed by atoms with Crippen LogP contribution < -0.4 is 11.4 Å². The van der Waals surface area contributed by atoms with E-state index >= 15 is 0 Å². The summed E-state index contributed by atoms with van der Waals surface area (Å²) in [6.45, 7) is 1.65. The molecular formula is C12H9NO3. The van der Waals surface area contributed by atoms with Gasteiger partial charge >= 0.3 is 5.63 Å². The summed E-state index contributed by atoms with van der Waals surface area (Å²) in [5.41, 5.74) is 7.56. The van der Waals surface area contributed by atoms with E-state index in [0.717, 1.165) is 10.8 Å². The number of anilines is 1. The van der Waals surface area contributed by atoms with Gasteiger partial charge in [0.2, 0.25) is 0 Å². The average molecular weight is 215 g/mol. The number of hydrogen-bond donors (Lipinski definition) is 1. The van der Waals surface area contributed by atoms with Gasteiger partial charge in [-0.1, -0.05) is 0 Å². The van der Waals surface area contributed by atoms with Gasteiger partial charge in [0.05, 0.1) is 22.9 Å². The van der Waals surface area contributed by atoms with Gasteiger partial charge in [-0.05, 0) is 25.1 Å². The standard InChI is InChI=1S/C12H9NO3/c1-6-10(13)8-2-3-9-7(4-5-15-9)11(8)16-12(6)14/h2-5H,13H2,1H3. The Morgan fingerprint density at radius 2 is 2.00 bits per heavy atom. The van der Waals surface area contributed by atoms with Crippen molar-refractivity contribution in [2.45, 2.75) is 6.92 Å². The fourth-order valence-electron chi connectivity index (χ4n) is 1.82. The second-order valence-corrected chi connectivity index (χ2v) is 3.70. The maximum Gasteiger partial charge on any atom is 0.341 e. The highest BCUT2D eigenvalue weighted by Crippen LogP contribution is 2.29. The Labute approximate surface area is 90.3 Å². The van der Waals surface area contributed by atoms with Gasteiger partial charge in [0.15, 0.2) is 5.58 Å². The van der Waals surface area contributed by atoms with Crippen LogP contribution in [0.4, 0.5) is 5.69 Å². The van der Waals surface area contributed by atoms with Gasteiger partial charge in [-0.25, -0.2) is 4.79 Å². The summed E-state index contributed by atoms with van der Waals surface area (Å²) in [5.74, 6) is 0. The minimum absolute atomic E-state index is 0.404. The molecule has 2 N–H and O–H groups in total. The molecule has 0 saturated heterocycles. The Morgan fingerprint density at radius 3 is 2.81 bits per heavy atom. The molecule has 0 spiro atoms. The lowest BCUT2D eigenvalue weighted by Gasteiger charge is -2.03. The minimum Gasteiger partial charge on any atom is -0.464 e. The third-order valence-corrected chi connectivity index (χ3v) is 2.78. The molecule has 0 saturated carbocycles. The van der Waals surface area contributed by atoms with Gasteiger partial charge in [0.1, 0.15) is 5.58 Å². The van der Waals surface area contributed by atoms with Crippen molar-refractivity contribution >= 4 is 27.6 Å². The molecule has 4 nitrogen and oxygen atoms in total. The molecule has 80 valence electrons. The van der Waals surface area contributed by atoms with Gasteiger partial charge in [0, 0.05) is 5.39 Å². The Morgan fingerprint density at radius 1 is 1.19 bits per heavy atom.